The Bertz CT molecular complexity index is 866. The number of hydrogen-bond donors (Lipinski definition) is 1. The van der Waals surface area contributed by atoms with Gasteiger partial charge in [-0.15, -0.1) is 0 Å². The fourth-order valence-corrected chi connectivity index (χ4v) is 3.93. The second kappa shape index (κ2) is 15.4. The minimum atomic E-state index is -4.25. The fourth-order valence-electron chi connectivity index (χ4n) is 3.45. The van der Waals surface area contributed by atoms with Crippen LogP contribution < -0.4 is 61.2 Å². The van der Waals surface area contributed by atoms with E-state index in [-0.39, 0.29) is 67.8 Å². The summed E-state index contributed by atoms with van der Waals surface area (Å²) in [4.78, 5) is -0.216. The molecule has 7 heteroatoms. The summed E-state index contributed by atoms with van der Waals surface area (Å²) in [6.45, 7) is 2.24. The summed E-state index contributed by atoms with van der Waals surface area (Å²) in [5, 5.41) is 12.6. The van der Waals surface area contributed by atoms with Crippen LogP contribution in [0.4, 0.5) is 0 Å². The molecule has 5 nitrogen and oxygen atoms in total. The molecule has 0 saturated heterocycles. The summed E-state index contributed by atoms with van der Waals surface area (Å²) >= 11 is 0. The first-order valence-corrected chi connectivity index (χ1v) is 12.4. The predicted octanol–water partition coefficient (Wildman–Crippen LogP) is 3.27. The zero-order valence-corrected chi connectivity index (χ0v) is 22.7. The van der Waals surface area contributed by atoms with E-state index < -0.39 is 10.1 Å². The third kappa shape index (κ3) is 10.8. The first kappa shape index (κ1) is 28.6. The third-order valence-corrected chi connectivity index (χ3v) is 6.08. The molecule has 0 spiro atoms. The van der Waals surface area contributed by atoms with Gasteiger partial charge in [-0.05, 0) is 43.2 Å². The number of rotatable bonds is 14. The molecule has 0 aromatic heterocycles. The molecule has 2 rings (SSSR count). The standard InChI is InChI=1S/C24H34O5S.K/c1-2-3-4-5-6-7-8-9-10-11-13-20-14-12-15-23(24(20)25)29-21-16-18-22(19-17-21)30(26,27)28;/h12,14-19,25H,2-11,13H2,1H3,(H,26,27,28);/q;+1/p-1. The number of para-hydroxylation sites is 1. The molecule has 0 atom stereocenters. The van der Waals surface area contributed by atoms with E-state index in [4.69, 9.17) is 9.29 Å². The topological polar surface area (TPSA) is 86.7 Å². The van der Waals surface area contributed by atoms with Crippen molar-refractivity contribution in [3.63, 3.8) is 0 Å². The van der Waals surface area contributed by atoms with Crippen LogP contribution in [-0.2, 0) is 16.5 Å². The van der Waals surface area contributed by atoms with Gasteiger partial charge in [0.05, 0.1) is 4.90 Å². The van der Waals surface area contributed by atoms with E-state index in [2.05, 4.69) is 6.92 Å². The molecule has 0 radical (unpaired) electrons. The molecule has 0 saturated carbocycles. The minimum absolute atomic E-state index is 0. The maximum absolute atomic E-state index is 12.6. The molecular weight excluding hydrogens is 439 g/mol. The van der Waals surface area contributed by atoms with Crippen LogP contribution in [0, 0.1) is 0 Å². The van der Waals surface area contributed by atoms with Crippen molar-refractivity contribution in [1.82, 2.24) is 0 Å². The van der Waals surface area contributed by atoms with Gasteiger partial charge in [-0.1, -0.05) is 88.2 Å². The van der Waals surface area contributed by atoms with Crippen LogP contribution in [0.25, 0.3) is 0 Å². The molecule has 1 N–H and O–H groups in total. The van der Waals surface area contributed by atoms with Crippen LogP contribution in [0.1, 0.15) is 76.7 Å². The Hall–Kier alpha value is -0.414. The molecule has 0 aliphatic carbocycles. The molecule has 2 aromatic carbocycles. The minimum Gasteiger partial charge on any atom is -0.870 e. The zero-order valence-electron chi connectivity index (χ0n) is 18.8. The number of aryl methyl sites for hydroxylation is 1. The second-order valence-corrected chi connectivity index (χ2v) is 9.15. The Balaban J connectivity index is 0.00000480. The monoisotopic (exact) mass is 472 g/mol. The molecular formula is C24H33KO5S. The van der Waals surface area contributed by atoms with Gasteiger partial charge >= 0.3 is 51.4 Å². The molecule has 31 heavy (non-hydrogen) atoms. The molecule has 0 bridgehead atoms. The van der Waals surface area contributed by atoms with E-state index in [1.165, 1.54) is 75.6 Å². The van der Waals surface area contributed by atoms with Crippen molar-refractivity contribution in [3.05, 3.63) is 48.0 Å². The summed E-state index contributed by atoms with van der Waals surface area (Å²) in [5.74, 6) is 0.432. The van der Waals surface area contributed by atoms with Gasteiger partial charge in [0.25, 0.3) is 10.1 Å². The van der Waals surface area contributed by atoms with Crippen LogP contribution in [0.15, 0.2) is 47.4 Å². The van der Waals surface area contributed by atoms with Crippen molar-refractivity contribution in [2.75, 3.05) is 0 Å². The van der Waals surface area contributed by atoms with Crippen LogP contribution in [0.2, 0.25) is 0 Å². The maximum atomic E-state index is 12.6. The van der Waals surface area contributed by atoms with E-state index in [1.54, 1.807) is 12.1 Å². The summed E-state index contributed by atoms with van der Waals surface area (Å²) in [5.41, 5.74) is 0.738. The number of unbranched alkanes of at least 4 members (excludes halogenated alkanes) is 9. The smallest absolute Gasteiger partial charge is 0.870 e. The fraction of sp³-hybridized carbons (Fsp3) is 0.500. The number of hydrogen-bond acceptors (Lipinski definition) is 4. The Morgan fingerprint density at radius 3 is 1.94 bits per heavy atom. The van der Waals surface area contributed by atoms with Crippen molar-refractivity contribution in [3.8, 4) is 17.2 Å². The van der Waals surface area contributed by atoms with Gasteiger partial charge < -0.3 is 9.84 Å². The Morgan fingerprint density at radius 1 is 0.839 bits per heavy atom. The largest absolute Gasteiger partial charge is 1.00 e. The Morgan fingerprint density at radius 2 is 1.39 bits per heavy atom. The van der Waals surface area contributed by atoms with E-state index in [1.807, 2.05) is 6.07 Å². The molecule has 0 aliphatic heterocycles. The first-order chi connectivity index (χ1) is 14.4. The van der Waals surface area contributed by atoms with Gasteiger partial charge in [-0.2, -0.15) is 8.42 Å². The second-order valence-electron chi connectivity index (χ2n) is 7.72. The van der Waals surface area contributed by atoms with E-state index >= 15 is 0 Å². The van der Waals surface area contributed by atoms with Crippen molar-refractivity contribution in [2.45, 2.75) is 82.4 Å². The quantitative estimate of drug-likeness (QED) is 0.259. The van der Waals surface area contributed by atoms with Crippen LogP contribution in [-0.4, -0.2) is 13.0 Å². The predicted molar refractivity (Wildman–Crippen MR) is 118 cm³/mol. The Kier molecular flexibility index (Phi) is 14.2. The zero-order chi connectivity index (χ0) is 21.8. The van der Waals surface area contributed by atoms with Gasteiger partial charge in [0.1, 0.15) is 11.5 Å². The van der Waals surface area contributed by atoms with Crippen molar-refractivity contribution < 1.29 is 74.2 Å². The van der Waals surface area contributed by atoms with E-state index in [0.717, 1.165) is 24.8 Å². The van der Waals surface area contributed by atoms with Crippen molar-refractivity contribution in [2.24, 2.45) is 0 Å². The van der Waals surface area contributed by atoms with Gasteiger partial charge in [-0.25, -0.2) is 0 Å². The molecule has 2 aromatic rings. The summed E-state index contributed by atoms with van der Waals surface area (Å²) in [7, 11) is -4.25. The average Bonchev–Trinajstić information content (AvgIpc) is 2.71. The van der Waals surface area contributed by atoms with Gasteiger partial charge in [0, 0.05) is 0 Å². The molecule has 166 valence electrons. The molecule has 0 amide bonds. The number of benzene rings is 2. The summed E-state index contributed by atoms with van der Waals surface area (Å²) in [6.07, 6.45) is 13.3. The maximum Gasteiger partial charge on any atom is 1.00 e. The van der Waals surface area contributed by atoms with E-state index in [9.17, 15) is 13.5 Å². The SMILES string of the molecule is CCCCCCCCCCCCc1cccc(Oc2ccc(S(=O)(=O)O)cc2)c1[O-].[K+]. The van der Waals surface area contributed by atoms with Gasteiger partial charge in [0.15, 0.2) is 0 Å². The van der Waals surface area contributed by atoms with Crippen molar-refractivity contribution >= 4 is 10.1 Å². The van der Waals surface area contributed by atoms with E-state index in [0.29, 0.717) is 5.75 Å². The van der Waals surface area contributed by atoms with Crippen LogP contribution in [0.5, 0.6) is 17.2 Å². The molecule has 0 aliphatic rings. The third-order valence-electron chi connectivity index (χ3n) is 5.21. The van der Waals surface area contributed by atoms with Crippen LogP contribution in [0.3, 0.4) is 0 Å². The Labute approximate surface area is 229 Å². The van der Waals surface area contributed by atoms with Gasteiger partial charge in [0.2, 0.25) is 0 Å². The normalized spacial score (nSPS) is 11.2. The van der Waals surface area contributed by atoms with Crippen LogP contribution >= 0.6 is 0 Å². The molecule has 0 unspecified atom stereocenters. The summed E-state index contributed by atoms with van der Waals surface area (Å²) in [6, 6.07) is 10.6. The molecule has 0 fully saturated rings. The summed E-state index contributed by atoms with van der Waals surface area (Å²) < 4.78 is 36.9. The average molecular weight is 473 g/mol. The van der Waals surface area contributed by atoms with Gasteiger partial charge in [-0.3, -0.25) is 4.55 Å². The molecule has 0 heterocycles. The first-order valence-electron chi connectivity index (χ1n) is 11.0. The van der Waals surface area contributed by atoms with Crippen molar-refractivity contribution in [1.29, 1.82) is 0 Å². The number of ether oxygens (including phenoxy) is 1.